The minimum atomic E-state index is -3.65. The molecule has 0 aliphatic rings. The van der Waals surface area contributed by atoms with Crippen LogP contribution in [0.1, 0.15) is 13.8 Å². The predicted octanol–water partition coefficient (Wildman–Crippen LogP) is 2.47. The molecule has 23 heavy (non-hydrogen) atoms. The third-order valence-corrected chi connectivity index (χ3v) is 3.84. The maximum absolute atomic E-state index is 11.8. The summed E-state index contributed by atoms with van der Waals surface area (Å²) >= 11 is 0. The van der Waals surface area contributed by atoms with Crippen molar-refractivity contribution in [2.45, 2.75) is 18.7 Å². The first-order valence-corrected chi connectivity index (χ1v) is 8.51. The SMILES string of the molecule is [C-]#[N+]c1cc(NNC(=O)NCC(C)C)c(S(C)(=O)=O)cc1[N+]#[C-]. The molecule has 8 nitrogen and oxygen atoms in total. The molecule has 0 saturated carbocycles. The molecule has 0 fully saturated rings. The normalized spacial score (nSPS) is 10.5. The van der Waals surface area contributed by atoms with E-state index in [2.05, 4.69) is 25.9 Å². The van der Waals surface area contributed by atoms with Crippen LogP contribution in [0.3, 0.4) is 0 Å². The molecule has 3 N–H and O–H groups in total. The lowest BCUT2D eigenvalue weighted by molar-refractivity contribution is 0.241. The van der Waals surface area contributed by atoms with E-state index < -0.39 is 15.9 Å². The van der Waals surface area contributed by atoms with Crippen LogP contribution in [-0.4, -0.2) is 27.2 Å². The maximum atomic E-state index is 11.8. The lowest BCUT2D eigenvalue weighted by Gasteiger charge is -2.14. The quantitative estimate of drug-likeness (QED) is 0.569. The highest BCUT2D eigenvalue weighted by Crippen LogP contribution is 2.36. The van der Waals surface area contributed by atoms with Crippen molar-refractivity contribution >= 4 is 32.9 Å². The number of hydrogen-bond acceptors (Lipinski definition) is 4. The smallest absolute Gasteiger partial charge is 0.333 e. The highest BCUT2D eigenvalue weighted by molar-refractivity contribution is 7.90. The number of carbonyl (C=O) groups is 1. The van der Waals surface area contributed by atoms with Crippen LogP contribution in [0.2, 0.25) is 0 Å². The average molecular weight is 335 g/mol. The minimum Gasteiger partial charge on any atom is -0.336 e. The molecule has 9 heteroatoms. The van der Waals surface area contributed by atoms with Gasteiger partial charge in [0.1, 0.15) is 0 Å². The molecule has 0 radical (unpaired) electrons. The lowest BCUT2D eigenvalue weighted by atomic mass is 10.2. The number of amides is 2. The van der Waals surface area contributed by atoms with Crippen molar-refractivity contribution < 1.29 is 13.2 Å². The van der Waals surface area contributed by atoms with Gasteiger partial charge in [0.2, 0.25) is 0 Å². The third kappa shape index (κ3) is 5.16. The van der Waals surface area contributed by atoms with Gasteiger partial charge in [0, 0.05) is 12.8 Å². The van der Waals surface area contributed by atoms with E-state index in [0.29, 0.717) is 6.54 Å². The molecule has 1 aromatic rings. The summed E-state index contributed by atoms with van der Waals surface area (Å²) in [5.74, 6) is 0.263. The summed E-state index contributed by atoms with van der Waals surface area (Å²) in [6.45, 7) is 18.4. The molecular formula is C14H17N5O3S. The van der Waals surface area contributed by atoms with E-state index >= 15 is 0 Å². The number of nitrogens with zero attached hydrogens (tertiary/aromatic N) is 2. The fourth-order valence-corrected chi connectivity index (χ4v) is 2.44. The summed E-state index contributed by atoms with van der Waals surface area (Å²) in [4.78, 5) is 17.8. The predicted molar refractivity (Wildman–Crippen MR) is 87.1 cm³/mol. The highest BCUT2D eigenvalue weighted by atomic mass is 32.2. The second-order valence-electron chi connectivity index (χ2n) is 5.19. The molecular weight excluding hydrogens is 318 g/mol. The van der Waals surface area contributed by atoms with E-state index in [1.807, 2.05) is 13.8 Å². The molecule has 0 spiro atoms. The summed E-state index contributed by atoms with van der Waals surface area (Å²) < 4.78 is 23.7. The zero-order valence-corrected chi connectivity index (χ0v) is 13.8. The standard InChI is InChI=1S/C14H17N5O3S/c1-9(2)8-17-14(20)19-18-12-6-10(15-3)11(16-4)7-13(12)23(5,21)22/h6-7,9,18H,8H2,1-2,5H3,(H2,17,19,20). The minimum absolute atomic E-state index is 0.000659. The van der Waals surface area contributed by atoms with Crippen molar-refractivity contribution in [2.75, 3.05) is 18.2 Å². The van der Waals surface area contributed by atoms with Crippen molar-refractivity contribution in [3.63, 3.8) is 0 Å². The number of rotatable bonds is 5. The first-order chi connectivity index (χ1) is 10.7. The van der Waals surface area contributed by atoms with Crippen LogP contribution in [-0.2, 0) is 9.84 Å². The van der Waals surface area contributed by atoms with E-state index in [-0.39, 0.29) is 27.9 Å². The Labute approximate surface area is 135 Å². The number of sulfone groups is 1. The topological polar surface area (TPSA) is 96.0 Å². The molecule has 0 saturated heterocycles. The van der Waals surface area contributed by atoms with Gasteiger partial charge in [0.05, 0.1) is 23.7 Å². The van der Waals surface area contributed by atoms with Gasteiger partial charge in [-0.1, -0.05) is 13.8 Å². The molecule has 2 amide bonds. The van der Waals surface area contributed by atoms with Crippen molar-refractivity contribution in [3.05, 3.63) is 35.0 Å². The summed E-state index contributed by atoms with van der Waals surface area (Å²) in [6, 6.07) is 1.81. The zero-order valence-electron chi connectivity index (χ0n) is 13.0. The van der Waals surface area contributed by atoms with Crippen LogP contribution < -0.4 is 16.2 Å². The van der Waals surface area contributed by atoms with Crippen LogP contribution >= 0.6 is 0 Å². The Morgan fingerprint density at radius 2 is 1.78 bits per heavy atom. The van der Waals surface area contributed by atoms with E-state index in [1.165, 1.54) is 6.07 Å². The number of urea groups is 1. The first-order valence-electron chi connectivity index (χ1n) is 6.62. The molecule has 1 aromatic carbocycles. The Morgan fingerprint density at radius 1 is 1.22 bits per heavy atom. The molecule has 0 aliphatic carbocycles. The number of benzene rings is 1. The molecule has 122 valence electrons. The summed E-state index contributed by atoms with van der Waals surface area (Å²) in [5.41, 5.74) is 4.76. The molecule has 0 atom stereocenters. The summed E-state index contributed by atoms with van der Waals surface area (Å²) in [5, 5.41) is 2.59. The van der Waals surface area contributed by atoms with Gasteiger partial charge >= 0.3 is 6.03 Å². The average Bonchev–Trinajstić information content (AvgIpc) is 2.48. The molecule has 1 rings (SSSR count). The van der Waals surface area contributed by atoms with Crippen molar-refractivity contribution in [1.82, 2.24) is 10.7 Å². The lowest BCUT2D eigenvalue weighted by Crippen LogP contribution is -2.40. The van der Waals surface area contributed by atoms with Gasteiger partial charge in [-0.05, 0) is 18.1 Å². The van der Waals surface area contributed by atoms with Crippen LogP contribution in [0.25, 0.3) is 9.69 Å². The van der Waals surface area contributed by atoms with Gasteiger partial charge in [-0.15, -0.1) is 0 Å². The van der Waals surface area contributed by atoms with Crippen molar-refractivity contribution in [3.8, 4) is 0 Å². The van der Waals surface area contributed by atoms with Crippen molar-refractivity contribution in [1.29, 1.82) is 0 Å². The molecule has 0 heterocycles. The Kier molecular flexibility index (Phi) is 5.94. The third-order valence-electron chi connectivity index (χ3n) is 2.70. The Balaban J connectivity index is 3.08. The van der Waals surface area contributed by atoms with Gasteiger partial charge in [-0.3, -0.25) is 20.5 Å². The molecule has 0 aliphatic heterocycles. The van der Waals surface area contributed by atoms with E-state index in [4.69, 9.17) is 13.1 Å². The Bertz CT molecular complexity index is 788. The van der Waals surface area contributed by atoms with Gasteiger partial charge < -0.3 is 5.32 Å². The van der Waals surface area contributed by atoms with Crippen LogP contribution in [0, 0.1) is 19.1 Å². The summed E-state index contributed by atoms with van der Waals surface area (Å²) in [6.07, 6.45) is 0.984. The number of nitrogens with one attached hydrogen (secondary N) is 3. The Morgan fingerprint density at radius 3 is 2.26 bits per heavy atom. The van der Waals surface area contributed by atoms with Gasteiger partial charge in [0.25, 0.3) is 0 Å². The van der Waals surface area contributed by atoms with Gasteiger partial charge in [-0.25, -0.2) is 13.2 Å². The second-order valence-corrected chi connectivity index (χ2v) is 7.17. The van der Waals surface area contributed by atoms with Crippen LogP contribution in [0.4, 0.5) is 21.9 Å². The summed E-state index contributed by atoms with van der Waals surface area (Å²) in [7, 11) is -3.65. The molecule has 0 aromatic heterocycles. The maximum Gasteiger partial charge on any atom is 0.333 e. The highest BCUT2D eigenvalue weighted by Gasteiger charge is 2.18. The van der Waals surface area contributed by atoms with Crippen molar-refractivity contribution in [2.24, 2.45) is 5.92 Å². The van der Waals surface area contributed by atoms with Gasteiger partial charge in [0.15, 0.2) is 21.2 Å². The van der Waals surface area contributed by atoms with E-state index in [0.717, 1.165) is 12.3 Å². The fraction of sp³-hybridized carbons (Fsp3) is 0.357. The van der Waals surface area contributed by atoms with E-state index in [9.17, 15) is 13.2 Å². The Hall–Kier alpha value is -2.78. The second kappa shape index (κ2) is 7.47. The molecule has 0 bridgehead atoms. The first kappa shape index (κ1) is 18.3. The van der Waals surface area contributed by atoms with Crippen LogP contribution in [0.15, 0.2) is 17.0 Å². The number of hydrogen-bond donors (Lipinski definition) is 3. The van der Waals surface area contributed by atoms with Crippen LogP contribution in [0.5, 0.6) is 0 Å². The number of hydrazine groups is 1. The van der Waals surface area contributed by atoms with Gasteiger partial charge in [-0.2, -0.15) is 0 Å². The monoisotopic (exact) mass is 335 g/mol. The van der Waals surface area contributed by atoms with E-state index in [1.54, 1.807) is 0 Å². The molecule has 0 unspecified atom stereocenters. The fourth-order valence-electron chi connectivity index (χ4n) is 1.61. The number of carbonyl (C=O) groups excluding carboxylic acids is 1. The zero-order chi connectivity index (χ0) is 17.6. The largest absolute Gasteiger partial charge is 0.336 e. The number of anilines is 1.